The lowest BCUT2D eigenvalue weighted by Gasteiger charge is -2.32. The molecule has 0 spiro atoms. The van der Waals surface area contributed by atoms with Crippen LogP contribution in [-0.4, -0.2) is 45.0 Å². The molecule has 0 atom stereocenters. The number of thioether (sulfide) groups is 1. The van der Waals surface area contributed by atoms with Gasteiger partial charge in [-0.15, -0.1) is 0 Å². The van der Waals surface area contributed by atoms with Gasteiger partial charge in [0, 0.05) is 61.0 Å². The minimum Gasteiger partial charge on any atom is -0.301 e. The number of nitrogens with zero attached hydrogens (tertiary/aromatic N) is 3. The van der Waals surface area contributed by atoms with Crippen LogP contribution in [0.3, 0.4) is 0 Å². The molecule has 2 aromatic heterocycles. The summed E-state index contributed by atoms with van der Waals surface area (Å²) in [4.78, 5) is 11.6. The van der Waals surface area contributed by atoms with Gasteiger partial charge in [0.25, 0.3) is 0 Å². The Morgan fingerprint density at radius 2 is 1.30 bits per heavy atom. The van der Waals surface area contributed by atoms with E-state index in [0.29, 0.717) is 0 Å². The summed E-state index contributed by atoms with van der Waals surface area (Å²) < 4.78 is 0.197. The molecule has 0 fully saturated rings. The fourth-order valence-corrected chi connectivity index (χ4v) is 4.75. The Morgan fingerprint density at radius 1 is 0.733 bits per heavy atom. The van der Waals surface area contributed by atoms with Crippen LogP contribution in [-0.2, 0) is 19.3 Å². The maximum atomic E-state index is 4.50. The smallest absolute Gasteiger partial charge is 0.0416 e. The van der Waals surface area contributed by atoms with Crippen LogP contribution in [0, 0.1) is 0 Å². The third kappa shape index (κ3) is 8.29. The second-order valence-corrected chi connectivity index (χ2v) is 10.1. The predicted molar refractivity (Wildman–Crippen MR) is 129 cm³/mol. The number of pyridine rings is 2. The summed E-state index contributed by atoms with van der Waals surface area (Å²) in [6, 6.07) is 23.1. The van der Waals surface area contributed by atoms with Gasteiger partial charge in [0.05, 0.1) is 0 Å². The van der Waals surface area contributed by atoms with Gasteiger partial charge in [-0.05, 0) is 55.9 Å². The molecule has 0 N–H and O–H groups in total. The normalized spacial score (nSPS) is 11.7. The zero-order chi connectivity index (χ0) is 21.1. The van der Waals surface area contributed by atoms with Crippen molar-refractivity contribution in [1.82, 2.24) is 14.9 Å². The van der Waals surface area contributed by atoms with Crippen LogP contribution in [0.5, 0.6) is 0 Å². The number of aromatic nitrogens is 2. The topological polar surface area (TPSA) is 29.0 Å². The first-order chi connectivity index (χ1) is 14.6. The van der Waals surface area contributed by atoms with E-state index < -0.39 is 0 Å². The molecule has 0 aliphatic rings. The number of hydrogen-bond donors (Lipinski definition) is 0. The van der Waals surface area contributed by atoms with Crippen molar-refractivity contribution in [3.8, 4) is 0 Å². The number of aryl methyl sites for hydroxylation is 1. The maximum Gasteiger partial charge on any atom is 0.0416 e. The van der Waals surface area contributed by atoms with Gasteiger partial charge in [-0.1, -0.05) is 42.5 Å². The molecular formula is C26H33N3S. The molecule has 0 radical (unpaired) electrons. The standard InChI is InChI=1S/C26H33N3S/c1-26(2,30-21-16-23-10-4-3-5-11-23)22-29(19-14-24-12-6-8-17-27-24)20-15-25-13-7-9-18-28-25/h3-13,17-18H,14-16,19-22H2,1-2H3. The first-order valence-electron chi connectivity index (χ1n) is 10.8. The second-order valence-electron chi connectivity index (χ2n) is 8.26. The summed E-state index contributed by atoms with van der Waals surface area (Å²) in [5, 5.41) is 0. The van der Waals surface area contributed by atoms with Gasteiger partial charge >= 0.3 is 0 Å². The van der Waals surface area contributed by atoms with Gasteiger partial charge in [0.15, 0.2) is 0 Å². The molecule has 0 unspecified atom stereocenters. The lowest BCUT2D eigenvalue weighted by Crippen LogP contribution is -2.39. The first-order valence-corrected chi connectivity index (χ1v) is 11.8. The third-order valence-electron chi connectivity index (χ3n) is 5.15. The van der Waals surface area contributed by atoms with Crippen molar-refractivity contribution in [1.29, 1.82) is 0 Å². The monoisotopic (exact) mass is 419 g/mol. The van der Waals surface area contributed by atoms with Gasteiger partial charge in [0.2, 0.25) is 0 Å². The molecule has 3 nitrogen and oxygen atoms in total. The van der Waals surface area contributed by atoms with Crippen LogP contribution < -0.4 is 0 Å². The Kier molecular flexibility index (Phi) is 8.91. The summed E-state index contributed by atoms with van der Waals surface area (Å²) in [7, 11) is 0. The average Bonchev–Trinajstić information content (AvgIpc) is 2.77. The Balaban J connectivity index is 1.54. The first kappa shape index (κ1) is 22.5. The Hall–Kier alpha value is -2.17. The van der Waals surface area contributed by atoms with Gasteiger partial charge in [-0.25, -0.2) is 0 Å². The molecule has 0 saturated carbocycles. The number of benzene rings is 1. The summed E-state index contributed by atoms with van der Waals surface area (Å²) in [5.41, 5.74) is 3.74. The van der Waals surface area contributed by atoms with E-state index in [1.807, 2.05) is 24.5 Å². The highest BCUT2D eigenvalue weighted by molar-refractivity contribution is 8.00. The van der Waals surface area contributed by atoms with Crippen LogP contribution in [0.4, 0.5) is 0 Å². The van der Waals surface area contributed by atoms with E-state index in [9.17, 15) is 0 Å². The summed E-state index contributed by atoms with van der Waals surface area (Å²) in [6.07, 6.45) is 6.85. The predicted octanol–water partition coefficient (Wildman–Crippen LogP) is 5.32. The zero-order valence-electron chi connectivity index (χ0n) is 18.2. The molecule has 0 saturated heterocycles. The molecule has 0 bridgehead atoms. The molecule has 158 valence electrons. The maximum absolute atomic E-state index is 4.50. The van der Waals surface area contributed by atoms with Crippen molar-refractivity contribution in [3.63, 3.8) is 0 Å². The highest BCUT2D eigenvalue weighted by Crippen LogP contribution is 2.26. The largest absolute Gasteiger partial charge is 0.301 e. The van der Waals surface area contributed by atoms with E-state index in [2.05, 4.69) is 95.1 Å². The van der Waals surface area contributed by atoms with Crippen molar-refractivity contribution < 1.29 is 0 Å². The lowest BCUT2D eigenvalue weighted by molar-refractivity contribution is 0.260. The van der Waals surface area contributed by atoms with Crippen molar-refractivity contribution >= 4 is 11.8 Å². The Labute approximate surface area is 186 Å². The number of rotatable bonds is 12. The highest BCUT2D eigenvalue weighted by Gasteiger charge is 2.22. The van der Waals surface area contributed by atoms with E-state index in [1.54, 1.807) is 0 Å². The van der Waals surface area contributed by atoms with E-state index in [-0.39, 0.29) is 4.75 Å². The van der Waals surface area contributed by atoms with Crippen LogP contribution in [0.2, 0.25) is 0 Å². The van der Waals surface area contributed by atoms with Crippen LogP contribution in [0.25, 0.3) is 0 Å². The van der Waals surface area contributed by atoms with E-state index >= 15 is 0 Å². The van der Waals surface area contributed by atoms with Crippen molar-refractivity contribution in [2.24, 2.45) is 0 Å². The molecule has 0 amide bonds. The average molecular weight is 420 g/mol. The highest BCUT2D eigenvalue weighted by atomic mass is 32.2. The van der Waals surface area contributed by atoms with Crippen LogP contribution in [0.1, 0.15) is 30.8 Å². The molecule has 2 heterocycles. The van der Waals surface area contributed by atoms with Crippen molar-refractivity contribution in [2.75, 3.05) is 25.4 Å². The summed E-state index contributed by atoms with van der Waals surface area (Å²) in [5.74, 6) is 1.14. The van der Waals surface area contributed by atoms with Gasteiger partial charge < -0.3 is 4.90 Å². The van der Waals surface area contributed by atoms with Gasteiger partial charge in [-0.3, -0.25) is 9.97 Å². The van der Waals surface area contributed by atoms with Crippen LogP contribution in [0.15, 0.2) is 79.1 Å². The quantitative estimate of drug-likeness (QED) is 0.397. The molecule has 4 heteroatoms. The second kappa shape index (κ2) is 11.9. The summed E-state index contributed by atoms with van der Waals surface area (Å²) in [6.45, 7) is 7.85. The molecule has 1 aromatic carbocycles. The van der Waals surface area contributed by atoms with E-state index in [4.69, 9.17) is 0 Å². The minimum atomic E-state index is 0.197. The Bertz CT molecular complexity index is 794. The van der Waals surface area contributed by atoms with Gasteiger partial charge in [-0.2, -0.15) is 11.8 Å². The SMILES string of the molecule is CC(C)(CN(CCc1ccccn1)CCc1ccccn1)SCCc1ccccc1. The molecule has 3 rings (SSSR count). The lowest BCUT2D eigenvalue weighted by atomic mass is 10.1. The van der Waals surface area contributed by atoms with E-state index in [1.165, 1.54) is 5.56 Å². The van der Waals surface area contributed by atoms with Crippen molar-refractivity contribution in [3.05, 3.63) is 96.1 Å². The Morgan fingerprint density at radius 3 is 1.83 bits per heavy atom. The summed E-state index contributed by atoms with van der Waals surface area (Å²) >= 11 is 2.07. The zero-order valence-corrected chi connectivity index (χ0v) is 19.0. The minimum absolute atomic E-state index is 0.197. The molecule has 3 aromatic rings. The fraction of sp³-hybridized carbons (Fsp3) is 0.385. The molecule has 30 heavy (non-hydrogen) atoms. The molecular weight excluding hydrogens is 386 g/mol. The third-order valence-corrected chi connectivity index (χ3v) is 6.47. The number of hydrogen-bond acceptors (Lipinski definition) is 4. The van der Waals surface area contributed by atoms with Gasteiger partial charge in [0.1, 0.15) is 0 Å². The van der Waals surface area contributed by atoms with Crippen LogP contribution >= 0.6 is 11.8 Å². The molecule has 0 aliphatic heterocycles. The van der Waals surface area contributed by atoms with E-state index in [0.717, 1.165) is 56.0 Å². The fourth-order valence-electron chi connectivity index (χ4n) is 3.58. The molecule has 0 aliphatic carbocycles. The van der Waals surface area contributed by atoms with Crippen molar-refractivity contribution in [2.45, 2.75) is 37.9 Å².